The standard InChI is InChI=1S/C10H18O3/c1-2-3-4-5-7-12-9-10-13-8-6-11/h11H,4-10H2,1H3. The Balaban J connectivity index is 2.86. The molecular weight excluding hydrogens is 168 g/mol. The van der Waals surface area contributed by atoms with Gasteiger partial charge in [-0.3, -0.25) is 0 Å². The Morgan fingerprint density at radius 3 is 2.38 bits per heavy atom. The first-order chi connectivity index (χ1) is 6.41. The Kier molecular flexibility index (Phi) is 10.9. The van der Waals surface area contributed by atoms with Crippen molar-refractivity contribution in [2.75, 3.05) is 33.0 Å². The number of ether oxygens (including phenoxy) is 2. The summed E-state index contributed by atoms with van der Waals surface area (Å²) in [7, 11) is 0. The van der Waals surface area contributed by atoms with E-state index in [2.05, 4.69) is 11.8 Å². The quantitative estimate of drug-likeness (QED) is 0.450. The molecule has 13 heavy (non-hydrogen) atoms. The van der Waals surface area contributed by atoms with E-state index in [4.69, 9.17) is 14.6 Å². The van der Waals surface area contributed by atoms with Crippen molar-refractivity contribution >= 4 is 0 Å². The van der Waals surface area contributed by atoms with Crippen LogP contribution < -0.4 is 0 Å². The smallest absolute Gasteiger partial charge is 0.0701 e. The van der Waals surface area contributed by atoms with E-state index >= 15 is 0 Å². The maximum absolute atomic E-state index is 8.39. The third-order valence-corrected chi connectivity index (χ3v) is 1.37. The highest BCUT2D eigenvalue weighted by atomic mass is 16.5. The minimum Gasteiger partial charge on any atom is -0.394 e. The lowest BCUT2D eigenvalue weighted by molar-refractivity contribution is 0.0328. The van der Waals surface area contributed by atoms with Crippen molar-refractivity contribution in [3.8, 4) is 11.8 Å². The summed E-state index contributed by atoms with van der Waals surface area (Å²) in [6.45, 7) is 4.19. The van der Waals surface area contributed by atoms with Gasteiger partial charge >= 0.3 is 0 Å². The number of hydrogen-bond donors (Lipinski definition) is 1. The number of aliphatic hydroxyl groups excluding tert-OH is 1. The van der Waals surface area contributed by atoms with Gasteiger partial charge in [-0.15, -0.1) is 11.8 Å². The SMILES string of the molecule is CC#CCCCOCCOCCO. The Bertz CT molecular complexity index is 146. The summed E-state index contributed by atoms with van der Waals surface area (Å²) < 4.78 is 10.3. The summed E-state index contributed by atoms with van der Waals surface area (Å²) in [6.07, 6.45) is 1.87. The van der Waals surface area contributed by atoms with Gasteiger partial charge in [0.25, 0.3) is 0 Å². The van der Waals surface area contributed by atoms with Crippen LogP contribution in [0.2, 0.25) is 0 Å². The van der Waals surface area contributed by atoms with Crippen molar-refractivity contribution in [3.63, 3.8) is 0 Å². The molecule has 0 saturated carbocycles. The van der Waals surface area contributed by atoms with Gasteiger partial charge in [0.05, 0.1) is 26.4 Å². The number of hydrogen-bond acceptors (Lipinski definition) is 3. The summed E-state index contributed by atoms with van der Waals surface area (Å²) in [5, 5.41) is 8.39. The first-order valence-corrected chi connectivity index (χ1v) is 4.57. The second-order valence-electron chi connectivity index (χ2n) is 2.48. The zero-order chi connectivity index (χ0) is 9.78. The highest BCUT2D eigenvalue weighted by molar-refractivity contribution is 4.94. The van der Waals surface area contributed by atoms with Gasteiger partial charge in [0.2, 0.25) is 0 Å². The molecule has 0 aliphatic heterocycles. The molecule has 0 aromatic rings. The van der Waals surface area contributed by atoms with Gasteiger partial charge in [-0.2, -0.15) is 0 Å². The van der Waals surface area contributed by atoms with E-state index in [0.717, 1.165) is 19.4 Å². The van der Waals surface area contributed by atoms with E-state index in [1.165, 1.54) is 0 Å². The predicted octanol–water partition coefficient (Wildman–Crippen LogP) is 0.815. The van der Waals surface area contributed by atoms with Gasteiger partial charge in [0, 0.05) is 13.0 Å². The zero-order valence-corrected chi connectivity index (χ0v) is 8.21. The lowest BCUT2D eigenvalue weighted by Gasteiger charge is -2.02. The van der Waals surface area contributed by atoms with Gasteiger partial charge in [0.15, 0.2) is 0 Å². The van der Waals surface area contributed by atoms with E-state index in [1.807, 2.05) is 6.92 Å². The molecule has 76 valence electrons. The Morgan fingerprint density at radius 1 is 1.08 bits per heavy atom. The van der Waals surface area contributed by atoms with Crippen LogP contribution in [0.3, 0.4) is 0 Å². The lowest BCUT2D eigenvalue weighted by Crippen LogP contribution is -2.07. The van der Waals surface area contributed by atoms with Gasteiger partial charge < -0.3 is 14.6 Å². The first kappa shape index (κ1) is 12.4. The summed E-state index contributed by atoms with van der Waals surface area (Å²) in [5.41, 5.74) is 0. The molecule has 0 atom stereocenters. The average molecular weight is 186 g/mol. The van der Waals surface area contributed by atoms with Crippen molar-refractivity contribution < 1.29 is 14.6 Å². The Labute approximate surface area is 80.0 Å². The van der Waals surface area contributed by atoms with Crippen LogP contribution in [0.5, 0.6) is 0 Å². The van der Waals surface area contributed by atoms with Gasteiger partial charge in [-0.05, 0) is 13.3 Å². The third-order valence-electron chi connectivity index (χ3n) is 1.37. The van der Waals surface area contributed by atoms with E-state index in [1.54, 1.807) is 0 Å². The monoisotopic (exact) mass is 186 g/mol. The zero-order valence-electron chi connectivity index (χ0n) is 8.21. The molecular formula is C10H18O3. The van der Waals surface area contributed by atoms with Crippen LogP contribution in [0.25, 0.3) is 0 Å². The van der Waals surface area contributed by atoms with Crippen LogP contribution in [0, 0.1) is 11.8 Å². The van der Waals surface area contributed by atoms with Crippen LogP contribution in [0.15, 0.2) is 0 Å². The molecule has 0 amide bonds. The fourth-order valence-corrected chi connectivity index (χ4v) is 0.774. The van der Waals surface area contributed by atoms with Crippen molar-refractivity contribution in [1.29, 1.82) is 0 Å². The molecule has 0 saturated heterocycles. The summed E-state index contributed by atoms with van der Waals surface area (Å²) >= 11 is 0. The molecule has 0 radical (unpaired) electrons. The largest absolute Gasteiger partial charge is 0.394 e. The van der Waals surface area contributed by atoms with E-state index in [9.17, 15) is 0 Å². The molecule has 0 spiro atoms. The minimum absolute atomic E-state index is 0.0755. The molecule has 0 heterocycles. The molecule has 0 aliphatic carbocycles. The Hall–Kier alpha value is -0.560. The maximum atomic E-state index is 8.39. The molecule has 0 aromatic heterocycles. The second-order valence-corrected chi connectivity index (χ2v) is 2.48. The van der Waals surface area contributed by atoms with Crippen LogP contribution in [0.4, 0.5) is 0 Å². The molecule has 0 bridgehead atoms. The molecule has 0 fully saturated rings. The van der Waals surface area contributed by atoms with Crippen molar-refractivity contribution in [2.24, 2.45) is 0 Å². The van der Waals surface area contributed by atoms with E-state index in [0.29, 0.717) is 19.8 Å². The molecule has 3 nitrogen and oxygen atoms in total. The lowest BCUT2D eigenvalue weighted by atomic mass is 10.3. The van der Waals surface area contributed by atoms with Crippen LogP contribution in [0.1, 0.15) is 19.8 Å². The fraction of sp³-hybridized carbons (Fsp3) is 0.800. The molecule has 0 unspecified atom stereocenters. The number of unbranched alkanes of at least 4 members (excludes halogenated alkanes) is 1. The average Bonchev–Trinajstić information content (AvgIpc) is 2.16. The van der Waals surface area contributed by atoms with Crippen LogP contribution in [-0.4, -0.2) is 38.1 Å². The highest BCUT2D eigenvalue weighted by Crippen LogP contribution is 1.88. The summed E-state index contributed by atoms with van der Waals surface area (Å²) in [4.78, 5) is 0. The topological polar surface area (TPSA) is 38.7 Å². The molecule has 1 N–H and O–H groups in total. The molecule has 0 aliphatic rings. The van der Waals surface area contributed by atoms with E-state index < -0.39 is 0 Å². The highest BCUT2D eigenvalue weighted by Gasteiger charge is 1.88. The fourth-order valence-electron chi connectivity index (χ4n) is 0.774. The predicted molar refractivity (Wildman–Crippen MR) is 51.4 cm³/mol. The van der Waals surface area contributed by atoms with Crippen molar-refractivity contribution in [3.05, 3.63) is 0 Å². The van der Waals surface area contributed by atoms with Gasteiger partial charge in [0.1, 0.15) is 0 Å². The third kappa shape index (κ3) is 11.4. The first-order valence-electron chi connectivity index (χ1n) is 4.57. The van der Waals surface area contributed by atoms with Crippen molar-refractivity contribution in [2.45, 2.75) is 19.8 Å². The normalized spacial score (nSPS) is 9.38. The maximum Gasteiger partial charge on any atom is 0.0701 e. The van der Waals surface area contributed by atoms with E-state index in [-0.39, 0.29) is 6.61 Å². The Morgan fingerprint density at radius 2 is 1.77 bits per heavy atom. The summed E-state index contributed by atoms with van der Waals surface area (Å²) in [6, 6.07) is 0. The number of aliphatic hydroxyl groups is 1. The molecule has 0 aromatic carbocycles. The van der Waals surface area contributed by atoms with Gasteiger partial charge in [-0.1, -0.05) is 0 Å². The minimum atomic E-state index is 0.0755. The van der Waals surface area contributed by atoms with Gasteiger partial charge in [-0.25, -0.2) is 0 Å². The molecule has 0 rings (SSSR count). The summed E-state index contributed by atoms with van der Waals surface area (Å²) in [5.74, 6) is 5.79. The van der Waals surface area contributed by atoms with Crippen LogP contribution >= 0.6 is 0 Å². The van der Waals surface area contributed by atoms with Crippen molar-refractivity contribution in [1.82, 2.24) is 0 Å². The van der Waals surface area contributed by atoms with Crippen LogP contribution in [-0.2, 0) is 9.47 Å². The number of rotatable bonds is 8. The second kappa shape index (κ2) is 11.4. The molecule has 3 heteroatoms.